The lowest BCUT2D eigenvalue weighted by Gasteiger charge is -2.23. The molecule has 1 aliphatic heterocycles. The monoisotopic (exact) mass is 459 g/mol. The molecule has 4 rings (SSSR count). The van der Waals surface area contributed by atoms with Crippen LogP contribution in [0, 0.1) is 11.3 Å². The van der Waals surface area contributed by atoms with Gasteiger partial charge < -0.3 is 21.3 Å². The number of hydrogen-bond donors (Lipinski definition) is 3. The zero-order valence-corrected chi connectivity index (χ0v) is 18.3. The highest BCUT2D eigenvalue weighted by atomic mass is 16.2. The van der Waals surface area contributed by atoms with Crippen LogP contribution in [0.15, 0.2) is 47.0 Å². The molecule has 4 N–H and O–H groups in total. The smallest absolute Gasteiger partial charge is 0.316 e. The molecule has 0 aliphatic carbocycles. The zero-order chi connectivity index (χ0) is 24.1. The number of rotatable bonds is 6. The predicted molar refractivity (Wildman–Crippen MR) is 123 cm³/mol. The van der Waals surface area contributed by atoms with E-state index in [1.807, 2.05) is 6.07 Å². The lowest BCUT2D eigenvalue weighted by Crippen LogP contribution is -2.24. The summed E-state index contributed by atoms with van der Waals surface area (Å²) in [6, 6.07) is 6.21. The lowest BCUT2D eigenvalue weighted by atomic mass is 10.2. The highest BCUT2D eigenvalue weighted by molar-refractivity contribution is 5.98. The summed E-state index contributed by atoms with van der Waals surface area (Å²) in [6.45, 7) is 2.98. The van der Waals surface area contributed by atoms with Crippen LogP contribution in [0.5, 0.6) is 0 Å². The van der Waals surface area contributed by atoms with Crippen LogP contribution in [-0.2, 0) is 4.79 Å². The minimum absolute atomic E-state index is 0.107. The van der Waals surface area contributed by atoms with Gasteiger partial charge in [0.2, 0.25) is 5.91 Å². The summed E-state index contributed by atoms with van der Waals surface area (Å²) >= 11 is 0. The number of amides is 3. The Kier molecular flexibility index (Phi) is 6.40. The van der Waals surface area contributed by atoms with Gasteiger partial charge in [-0.15, -0.1) is 10.2 Å². The summed E-state index contributed by atoms with van der Waals surface area (Å²) in [7, 11) is 0. The molecule has 34 heavy (non-hydrogen) atoms. The number of carbonyl (C=O) groups is 2. The number of anilines is 3. The summed E-state index contributed by atoms with van der Waals surface area (Å²) in [6.07, 6.45) is 6.41. The number of nitrogens with zero attached hydrogens (tertiary/aromatic N) is 8. The Morgan fingerprint density at radius 3 is 2.50 bits per heavy atom. The van der Waals surface area contributed by atoms with Crippen molar-refractivity contribution in [1.29, 1.82) is 5.26 Å². The number of nitrogens with one attached hydrogen (secondary N) is 2. The van der Waals surface area contributed by atoms with Gasteiger partial charge in [0.05, 0.1) is 23.3 Å². The van der Waals surface area contributed by atoms with E-state index in [1.165, 1.54) is 30.2 Å². The molecular weight excluding hydrogens is 438 g/mol. The highest BCUT2D eigenvalue weighted by Gasteiger charge is 2.20. The van der Waals surface area contributed by atoms with Crippen LogP contribution in [0.1, 0.15) is 25.3 Å². The second-order valence-electron chi connectivity index (χ2n) is 7.41. The maximum Gasteiger partial charge on any atom is 0.316 e. The molecule has 0 atom stereocenters. The summed E-state index contributed by atoms with van der Waals surface area (Å²) in [5.41, 5.74) is 7.30. The molecule has 1 aromatic carbocycles. The van der Waals surface area contributed by atoms with Gasteiger partial charge in [0.1, 0.15) is 17.3 Å². The van der Waals surface area contributed by atoms with E-state index in [4.69, 9.17) is 5.73 Å². The first-order valence-corrected chi connectivity index (χ1v) is 10.4. The molecule has 3 amide bonds. The number of nitrogens with two attached hydrogens (primary N) is 1. The molecule has 0 radical (unpaired) electrons. The first-order valence-electron chi connectivity index (χ1n) is 10.4. The fourth-order valence-electron chi connectivity index (χ4n) is 3.57. The van der Waals surface area contributed by atoms with Crippen LogP contribution in [0.25, 0.3) is 5.95 Å². The van der Waals surface area contributed by atoms with E-state index in [0.717, 1.165) is 25.9 Å². The number of azo groups is 1. The van der Waals surface area contributed by atoms with Gasteiger partial charge in [0, 0.05) is 32.4 Å². The Morgan fingerprint density at radius 1 is 1.12 bits per heavy atom. The van der Waals surface area contributed by atoms with Crippen molar-refractivity contribution in [2.45, 2.75) is 19.8 Å². The molecule has 3 aromatic rings. The van der Waals surface area contributed by atoms with Gasteiger partial charge in [0.25, 0.3) is 5.95 Å². The summed E-state index contributed by atoms with van der Waals surface area (Å²) in [5, 5.41) is 27.5. The first-order chi connectivity index (χ1) is 16.5. The summed E-state index contributed by atoms with van der Waals surface area (Å²) in [5.74, 6) is 0.0101. The Hall–Kier alpha value is -4.86. The fourth-order valence-corrected chi connectivity index (χ4v) is 3.57. The SMILES string of the molecule is CC(=O)Nc1cc(N2CCCC2)c(NC(N)=O)cc1/N=N/c1c(C#N)cnn1-c1ncccn1. The standard InChI is InChI=1S/C21H21N11O2/c1-13(33)27-15-10-18(31-7-2-3-8-31)17(28-20(23)34)9-16(15)29-30-19-14(11-22)12-26-32(19)21-24-5-4-6-25-21/h4-6,9-10,12H,2-3,7-8H2,1H3,(H,27,33)(H3,23,28,34)/b30-29+. The molecule has 1 saturated heterocycles. The van der Waals surface area contributed by atoms with E-state index in [2.05, 4.69) is 40.8 Å². The number of urea groups is 1. The minimum Gasteiger partial charge on any atom is -0.370 e. The summed E-state index contributed by atoms with van der Waals surface area (Å²) < 4.78 is 1.28. The van der Waals surface area contributed by atoms with Crippen molar-refractivity contribution in [3.63, 3.8) is 0 Å². The highest BCUT2D eigenvalue weighted by Crippen LogP contribution is 2.39. The van der Waals surface area contributed by atoms with E-state index in [-0.39, 0.29) is 28.9 Å². The molecule has 0 spiro atoms. The average molecular weight is 459 g/mol. The topological polar surface area (TPSA) is 180 Å². The lowest BCUT2D eigenvalue weighted by molar-refractivity contribution is -0.114. The number of benzene rings is 1. The molecular formula is C21H21N11O2. The number of primary amides is 1. The molecule has 0 unspecified atom stereocenters. The van der Waals surface area contributed by atoms with Crippen LogP contribution in [0.2, 0.25) is 0 Å². The van der Waals surface area contributed by atoms with E-state index in [9.17, 15) is 14.9 Å². The largest absolute Gasteiger partial charge is 0.370 e. The number of carbonyl (C=O) groups excluding carboxylic acids is 2. The Morgan fingerprint density at radius 2 is 1.85 bits per heavy atom. The van der Waals surface area contributed by atoms with Gasteiger partial charge in [-0.3, -0.25) is 4.79 Å². The number of nitriles is 1. The van der Waals surface area contributed by atoms with E-state index >= 15 is 0 Å². The predicted octanol–water partition coefficient (Wildman–Crippen LogP) is 3.00. The molecule has 1 aliphatic rings. The van der Waals surface area contributed by atoms with Crippen LogP contribution < -0.4 is 21.3 Å². The first kappa shape index (κ1) is 22.3. The second-order valence-corrected chi connectivity index (χ2v) is 7.41. The van der Waals surface area contributed by atoms with Crippen molar-refractivity contribution in [3.05, 3.63) is 42.4 Å². The Balaban J connectivity index is 1.81. The summed E-state index contributed by atoms with van der Waals surface area (Å²) in [4.78, 5) is 33.9. The molecule has 13 heteroatoms. The van der Waals surface area contributed by atoms with Crippen molar-refractivity contribution < 1.29 is 9.59 Å². The molecule has 3 heterocycles. The maximum absolute atomic E-state index is 11.9. The van der Waals surface area contributed by atoms with Gasteiger partial charge in [-0.1, -0.05) is 0 Å². The molecule has 172 valence electrons. The van der Waals surface area contributed by atoms with Crippen LogP contribution in [-0.4, -0.2) is 44.8 Å². The zero-order valence-electron chi connectivity index (χ0n) is 18.3. The third-order valence-electron chi connectivity index (χ3n) is 4.99. The van der Waals surface area contributed by atoms with Crippen LogP contribution in [0.4, 0.5) is 33.4 Å². The Bertz CT molecular complexity index is 1290. The molecule has 0 bridgehead atoms. The second kappa shape index (κ2) is 9.74. The molecule has 13 nitrogen and oxygen atoms in total. The quantitative estimate of drug-likeness (QED) is 0.474. The molecule has 2 aromatic heterocycles. The minimum atomic E-state index is -0.735. The van der Waals surface area contributed by atoms with E-state index < -0.39 is 6.03 Å². The molecule has 0 saturated carbocycles. The van der Waals surface area contributed by atoms with Crippen LogP contribution >= 0.6 is 0 Å². The van der Waals surface area contributed by atoms with Crippen molar-refractivity contribution in [2.75, 3.05) is 28.6 Å². The van der Waals surface area contributed by atoms with Gasteiger partial charge in [-0.25, -0.2) is 14.8 Å². The number of aromatic nitrogens is 4. The van der Waals surface area contributed by atoms with E-state index in [1.54, 1.807) is 18.2 Å². The van der Waals surface area contributed by atoms with Crippen molar-refractivity contribution in [3.8, 4) is 12.0 Å². The van der Waals surface area contributed by atoms with Crippen molar-refractivity contribution in [2.24, 2.45) is 16.0 Å². The molecule has 1 fully saturated rings. The third-order valence-corrected chi connectivity index (χ3v) is 4.99. The maximum atomic E-state index is 11.9. The van der Waals surface area contributed by atoms with E-state index in [0.29, 0.717) is 17.1 Å². The van der Waals surface area contributed by atoms with Gasteiger partial charge in [-0.05, 0) is 31.0 Å². The van der Waals surface area contributed by atoms with Gasteiger partial charge in [-0.2, -0.15) is 15.0 Å². The normalized spacial score (nSPS) is 13.1. The third kappa shape index (κ3) is 4.80. The van der Waals surface area contributed by atoms with Gasteiger partial charge in [0.15, 0.2) is 5.82 Å². The fraction of sp³-hybridized carbons (Fsp3) is 0.238. The Labute approximate surface area is 194 Å². The number of hydrogen-bond acceptors (Lipinski definition) is 9. The van der Waals surface area contributed by atoms with Crippen LogP contribution in [0.3, 0.4) is 0 Å². The van der Waals surface area contributed by atoms with Gasteiger partial charge >= 0.3 is 6.03 Å². The van der Waals surface area contributed by atoms with Crippen molar-refractivity contribution >= 4 is 40.5 Å². The van der Waals surface area contributed by atoms with Crippen molar-refractivity contribution in [1.82, 2.24) is 19.7 Å². The average Bonchev–Trinajstić information content (AvgIpc) is 3.48.